The molecule has 16 heavy (non-hydrogen) atoms. The molecule has 0 bridgehead atoms. The molecule has 0 aliphatic rings. The quantitative estimate of drug-likeness (QED) is 0.917. The highest BCUT2D eigenvalue weighted by molar-refractivity contribution is 9.10. The second kappa shape index (κ2) is 4.61. The summed E-state index contributed by atoms with van der Waals surface area (Å²) in [6, 6.07) is 9.88. The summed E-state index contributed by atoms with van der Waals surface area (Å²) < 4.78 is 1.03. The van der Waals surface area contributed by atoms with Crippen LogP contribution < -0.4 is 5.69 Å². The molecular formula is C12H11BrN2O. The number of hydrogen-bond acceptors (Lipinski definition) is 2. The fraction of sp³-hybridized carbons (Fsp3) is 0.167. The van der Waals surface area contributed by atoms with Crippen molar-refractivity contribution in [3.63, 3.8) is 0 Å². The van der Waals surface area contributed by atoms with Crippen molar-refractivity contribution >= 4 is 15.9 Å². The van der Waals surface area contributed by atoms with E-state index in [1.807, 2.05) is 37.3 Å². The van der Waals surface area contributed by atoms with Crippen LogP contribution in [0, 0.1) is 6.92 Å². The van der Waals surface area contributed by atoms with Crippen LogP contribution in [0.1, 0.15) is 17.0 Å². The van der Waals surface area contributed by atoms with Crippen LogP contribution >= 0.6 is 15.9 Å². The van der Waals surface area contributed by atoms with Gasteiger partial charge in [-0.05, 0) is 30.7 Å². The lowest BCUT2D eigenvalue weighted by molar-refractivity contribution is 0.949. The minimum Gasteiger partial charge on any atom is -0.310 e. The Morgan fingerprint density at radius 3 is 2.88 bits per heavy atom. The number of benzene rings is 1. The maximum absolute atomic E-state index is 11.2. The van der Waals surface area contributed by atoms with Crippen molar-refractivity contribution in [3.8, 4) is 0 Å². The summed E-state index contributed by atoms with van der Waals surface area (Å²) in [6.07, 6.45) is 0.671. The van der Waals surface area contributed by atoms with Crippen LogP contribution in [0.5, 0.6) is 0 Å². The molecule has 1 heterocycles. The zero-order chi connectivity index (χ0) is 11.5. The van der Waals surface area contributed by atoms with E-state index in [4.69, 9.17) is 0 Å². The molecule has 3 nitrogen and oxygen atoms in total. The van der Waals surface area contributed by atoms with Crippen LogP contribution in [-0.4, -0.2) is 9.97 Å². The number of H-pyrrole nitrogens is 1. The molecule has 0 atom stereocenters. The fourth-order valence-corrected chi connectivity index (χ4v) is 2.04. The first-order chi connectivity index (χ1) is 7.63. The van der Waals surface area contributed by atoms with Crippen molar-refractivity contribution in [3.05, 3.63) is 62.2 Å². The minimum absolute atomic E-state index is 0.287. The molecule has 0 fully saturated rings. The fourth-order valence-electron chi connectivity index (χ4n) is 1.59. The summed E-state index contributed by atoms with van der Waals surface area (Å²) in [6.45, 7) is 1.85. The Kier molecular flexibility index (Phi) is 3.19. The Balaban J connectivity index is 2.30. The van der Waals surface area contributed by atoms with Gasteiger partial charge in [-0.1, -0.05) is 28.1 Å². The van der Waals surface area contributed by atoms with Crippen molar-refractivity contribution in [2.45, 2.75) is 13.3 Å². The van der Waals surface area contributed by atoms with Gasteiger partial charge in [-0.2, -0.15) is 4.98 Å². The number of halogens is 1. The molecule has 0 unspecified atom stereocenters. The van der Waals surface area contributed by atoms with Crippen LogP contribution in [-0.2, 0) is 6.42 Å². The maximum atomic E-state index is 11.2. The van der Waals surface area contributed by atoms with Gasteiger partial charge < -0.3 is 4.98 Å². The zero-order valence-corrected chi connectivity index (χ0v) is 10.4. The predicted octanol–water partition coefficient (Wildman–Crippen LogP) is 2.43. The number of rotatable bonds is 2. The lowest BCUT2D eigenvalue weighted by Gasteiger charge is -2.02. The van der Waals surface area contributed by atoms with Gasteiger partial charge in [0.05, 0.1) is 5.69 Å². The van der Waals surface area contributed by atoms with Gasteiger partial charge in [-0.25, -0.2) is 4.79 Å². The third-order valence-corrected chi connectivity index (χ3v) is 2.70. The topological polar surface area (TPSA) is 45.8 Å². The van der Waals surface area contributed by atoms with Gasteiger partial charge in [0.25, 0.3) is 0 Å². The van der Waals surface area contributed by atoms with E-state index in [0.717, 1.165) is 21.4 Å². The molecule has 0 amide bonds. The molecule has 0 radical (unpaired) electrons. The second-order valence-corrected chi connectivity index (χ2v) is 4.58. The Labute approximate surface area is 102 Å². The summed E-state index contributed by atoms with van der Waals surface area (Å²) >= 11 is 3.42. The summed E-state index contributed by atoms with van der Waals surface area (Å²) in [5.41, 5.74) is 2.47. The second-order valence-electron chi connectivity index (χ2n) is 3.67. The molecule has 82 valence electrons. The van der Waals surface area contributed by atoms with Gasteiger partial charge in [0.1, 0.15) is 0 Å². The molecule has 1 aromatic heterocycles. The van der Waals surface area contributed by atoms with E-state index < -0.39 is 0 Å². The van der Waals surface area contributed by atoms with E-state index in [0.29, 0.717) is 6.42 Å². The SMILES string of the molecule is Cc1cc(Cc2cccc(Br)c2)nc(=O)[nH]1. The Hall–Kier alpha value is -1.42. The van der Waals surface area contributed by atoms with Gasteiger partial charge >= 0.3 is 5.69 Å². The molecule has 2 aromatic rings. The third kappa shape index (κ3) is 2.79. The van der Waals surface area contributed by atoms with E-state index in [1.165, 1.54) is 0 Å². The monoisotopic (exact) mass is 278 g/mol. The first-order valence-electron chi connectivity index (χ1n) is 4.95. The summed E-state index contributed by atoms with van der Waals surface area (Å²) in [7, 11) is 0. The number of aromatic nitrogens is 2. The Bertz CT molecular complexity index is 563. The summed E-state index contributed by atoms with van der Waals surface area (Å²) in [5.74, 6) is 0. The van der Waals surface area contributed by atoms with E-state index in [9.17, 15) is 4.79 Å². The smallest absolute Gasteiger partial charge is 0.310 e. The minimum atomic E-state index is -0.287. The van der Waals surface area contributed by atoms with E-state index in [2.05, 4.69) is 25.9 Å². The number of aromatic amines is 1. The molecule has 1 N–H and O–H groups in total. The van der Waals surface area contributed by atoms with Crippen molar-refractivity contribution in [2.24, 2.45) is 0 Å². The molecule has 1 aromatic carbocycles. The highest BCUT2D eigenvalue weighted by atomic mass is 79.9. The normalized spacial score (nSPS) is 10.4. The summed E-state index contributed by atoms with van der Waals surface area (Å²) in [4.78, 5) is 17.8. The molecular weight excluding hydrogens is 268 g/mol. The molecule has 0 saturated heterocycles. The van der Waals surface area contributed by atoms with Crippen LogP contribution in [0.15, 0.2) is 39.6 Å². The van der Waals surface area contributed by atoms with Gasteiger partial charge in [-0.3, -0.25) is 0 Å². The average Bonchev–Trinajstić information content (AvgIpc) is 2.15. The Morgan fingerprint density at radius 2 is 2.19 bits per heavy atom. The van der Waals surface area contributed by atoms with Gasteiger partial charge in [0, 0.05) is 16.6 Å². The maximum Gasteiger partial charge on any atom is 0.345 e. The Morgan fingerprint density at radius 1 is 1.38 bits per heavy atom. The number of hydrogen-bond donors (Lipinski definition) is 1. The van der Waals surface area contributed by atoms with Gasteiger partial charge in [-0.15, -0.1) is 0 Å². The van der Waals surface area contributed by atoms with E-state index in [1.54, 1.807) is 0 Å². The summed E-state index contributed by atoms with van der Waals surface area (Å²) in [5, 5.41) is 0. The highest BCUT2D eigenvalue weighted by Gasteiger charge is 2.00. The molecule has 0 aliphatic heterocycles. The van der Waals surface area contributed by atoms with Gasteiger partial charge in [0.2, 0.25) is 0 Å². The van der Waals surface area contributed by atoms with Crippen molar-refractivity contribution in [1.82, 2.24) is 9.97 Å². The van der Waals surface area contributed by atoms with Crippen LogP contribution in [0.4, 0.5) is 0 Å². The molecule has 0 aliphatic carbocycles. The van der Waals surface area contributed by atoms with Gasteiger partial charge in [0.15, 0.2) is 0 Å². The first kappa shape index (κ1) is 11.1. The number of aryl methyl sites for hydroxylation is 1. The number of nitrogens with zero attached hydrogens (tertiary/aromatic N) is 1. The molecule has 0 spiro atoms. The molecule has 4 heteroatoms. The zero-order valence-electron chi connectivity index (χ0n) is 8.83. The van der Waals surface area contributed by atoms with Crippen LogP contribution in [0.2, 0.25) is 0 Å². The van der Waals surface area contributed by atoms with Crippen LogP contribution in [0.25, 0.3) is 0 Å². The van der Waals surface area contributed by atoms with E-state index >= 15 is 0 Å². The largest absolute Gasteiger partial charge is 0.345 e. The third-order valence-electron chi connectivity index (χ3n) is 2.21. The predicted molar refractivity (Wildman–Crippen MR) is 66.5 cm³/mol. The van der Waals surface area contributed by atoms with Crippen molar-refractivity contribution < 1.29 is 0 Å². The number of nitrogens with one attached hydrogen (secondary N) is 1. The lowest BCUT2D eigenvalue weighted by Crippen LogP contribution is -2.13. The highest BCUT2D eigenvalue weighted by Crippen LogP contribution is 2.14. The molecule has 0 saturated carbocycles. The lowest BCUT2D eigenvalue weighted by atomic mass is 10.1. The van der Waals surface area contributed by atoms with Crippen molar-refractivity contribution in [1.29, 1.82) is 0 Å². The van der Waals surface area contributed by atoms with E-state index in [-0.39, 0.29) is 5.69 Å². The standard InChI is InChI=1S/C12H11BrN2O/c1-8-5-11(15-12(16)14-8)7-9-3-2-4-10(13)6-9/h2-6H,7H2,1H3,(H,14,15,16). The molecule has 2 rings (SSSR count). The van der Waals surface area contributed by atoms with Crippen molar-refractivity contribution in [2.75, 3.05) is 0 Å². The van der Waals surface area contributed by atoms with Crippen LogP contribution in [0.3, 0.4) is 0 Å². The first-order valence-corrected chi connectivity index (χ1v) is 5.74. The average molecular weight is 279 g/mol.